The van der Waals surface area contributed by atoms with E-state index in [1.807, 2.05) is 12.1 Å². The Bertz CT molecular complexity index is 688. The number of rotatable bonds is 2. The predicted molar refractivity (Wildman–Crippen MR) is 70.2 cm³/mol. The van der Waals surface area contributed by atoms with Crippen molar-refractivity contribution >= 4 is 39.4 Å². The molecule has 19 heavy (non-hydrogen) atoms. The molecule has 0 atom stereocenters. The summed E-state index contributed by atoms with van der Waals surface area (Å²) in [6.45, 7) is -0.413. The molecule has 0 radical (unpaired) electrons. The first-order valence-electron chi connectivity index (χ1n) is 5.66. The molecule has 3 rings (SSSR count). The Kier molecular flexibility index (Phi) is 2.61. The van der Waals surface area contributed by atoms with Crippen molar-refractivity contribution in [1.29, 1.82) is 0 Å². The Balaban J connectivity index is 2.28. The van der Waals surface area contributed by atoms with Crippen molar-refractivity contribution in [1.82, 2.24) is 4.90 Å². The lowest BCUT2D eigenvalue weighted by Crippen LogP contribution is -2.42. The summed E-state index contributed by atoms with van der Waals surface area (Å²) in [5.74, 6) is -0.966. The maximum atomic E-state index is 12.2. The molecule has 0 bridgehead atoms. The van der Waals surface area contributed by atoms with E-state index in [4.69, 9.17) is 11.6 Å². The van der Waals surface area contributed by atoms with Crippen LogP contribution in [0.4, 0.5) is 0 Å². The van der Waals surface area contributed by atoms with Crippen molar-refractivity contribution in [2.45, 2.75) is 0 Å². The summed E-state index contributed by atoms with van der Waals surface area (Å²) in [6.07, 6.45) is 0. The third-order valence-electron chi connectivity index (χ3n) is 3.14. The standard InChI is InChI=1S/C14H8ClNO3/c15-11(17)7-16-13(18)9-5-1-3-8-4-2-6-10(12(8)9)14(16)19/h1-6H,7H2. The summed E-state index contributed by atoms with van der Waals surface area (Å²) in [6, 6.07) is 10.5. The molecule has 0 aliphatic carbocycles. The van der Waals surface area contributed by atoms with Crippen LogP contribution in [0.1, 0.15) is 20.7 Å². The number of benzene rings is 2. The number of hydrogen-bond acceptors (Lipinski definition) is 3. The average Bonchev–Trinajstić information content (AvgIpc) is 2.40. The summed E-state index contributed by atoms with van der Waals surface area (Å²) in [5, 5.41) is 0.722. The molecular formula is C14H8ClNO3. The van der Waals surface area contributed by atoms with Gasteiger partial charge >= 0.3 is 0 Å². The second kappa shape index (κ2) is 4.17. The molecule has 94 valence electrons. The lowest BCUT2D eigenvalue weighted by molar-refractivity contribution is -0.112. The number of carbonyl (C=O) groups is 3. The molecule has 0 N–H and O–H groups in total. The van der Waals surface area contributed by atoms with Gasteiger partial charge in [-0.3, -0.25) is 19.3 Å². The molecule has 1 heterocycles. The van der Waals surface area contributed by atoms with E-state index in [-0.39, 0.29) is 0 Å². The van der Waals surface area contributed by atoms with Gasteiger partial charge in [0.2, 0.25) is 5.24 Å². The molecule has 1 aliphatic rings. The fourth-order valence-corrected chi connectivity index (χ4v) is 2.47. The van der Waals surface area contributed by atoms with Gasteiger partial charge in [-0.05, 0) is 29.1 Å². The summed E-state index contributed by atoms with van der Waals surface area (Å²) < 4.78 is 0. The van der Waals surface area contributed by atoms with Gasteiger partial charge in [0.15, 0.2) is 0 Å². The van der Waals surface area contributed by atoms with Crippen molar-refractivity contribution in [2.75, 3.05) is 6.54 Å². The number of halogens is 1. The molecule has 4 nitrogen and oxygen atoms in total. The van der Waals surface area contributed by atoms with Gasteiger partial charge in [-0.15, -0.1) is 0 Å². The molecule has 5 heteroatoms. The van der Waals surface area contributed by atoms with Crippen LogP contribution >= 0.6 is 11.6 Å². The van der Waals surface area contributed by atoms with E-state index < -0.39 is 23.6 Å². The van der Waals surface area contributed by atoms with Crippen LogP contribution in [0.5, 0.6) is 0 Å². The minimum absolute atomic E-state index is 0.413. The highest BCUT2D eigenvalue weighted by Crippen LogP contribution is 2.29. The smallest absolute Gasteiger partial charge is 0.261 e. The second-order valence-corrected chi connectivity index (χ2v) is 4.68. The fourth-order valence-electron chi connectivity index (χ4n) is 2.35. The fraction of sp³-hybridized carbons (Fsp3) is 0.0714. The molecule has 0 saturated heterocycles. The first-order valence-corrected chi connectivity index (χ1v) is 6.03. The van der Waals surface area contributed by atoms with E-state index in [2.05, 4.69) is 0 Å². The van der Waals surface area contributed by atoms with Gasteiger partial charge in [0.05, 0.1) is 0 Å². The Morgan fingerprint density at radius 1 is 1.00 bits per heavy atom. The third kappa shape index (κ3) is 1.72. The van der Waals surface area contributed by atoms with Crippen molar-refractivity contribution in [3.05, 3.63) is 47.5 Å². The van der Waals surface area contributed by atoms with Crippen LogP contribution in [0.2, 0.25) is 0 Å². The topological polar surface area (TPSA) is 54.5 Å². The molecular weight excluding hydrogens is 266 g/mol. The van der Waals surface area contributed by atoms with Crippen molar-refractivity contribution in [2.24, 2.45) is 0 Å². The average molecular weight is 274 g/mol. The maximum Gasteiger partial charge on any atom is 0.261 e. The van der Waals surface area contributed by atoms with E-state index in [0.717, 1.165) is 10.3 Å². The largest absolute Gasteiger partial charge is 0.279 e. The lowest BCUT2D eigenvalue weighted by atomic mass is 9.94. The zero-order chi connectivity index (χ0) is 13.6. The van der Waals surface area contributed by atoms with Gasteiger partial charge in [0, 0.05) is 16.5 Å². The molecule has 1 aliphatic heterocycles. The van der Waals surface area contributed by atoms with E-state index in [1.54, 1.807) is 24.3 Å². The van der Waals surface area contributed by atoms with E-state index in [9.17, 15) is 14.4 Å². The first-order chi connectivity index (χ1) is 9.09. The van der Waals surface area contributed by atoms with Gasteiger partial charge in [-0.1, -0.05) is 24.3 Å². The number of carbonyl (C=O) groups excluding carboxylic acids is 3. The second-order valence-electron chi connectivity index (χ2n) is 4.26. The Labute approximate surface area is 113 Å². The van der Waals surface area contributed by atoms with Gasteiger partial charge in [-0.2, -0.15) is 0 Å². The van der Waals surface area contributed by atoms with Gasteiger partial charge in [0.1, 0.15) is 6.54 Å². The highest BCUT2D eigenvalue weighted by Gasteiger charge is 2.33. The van der Waals surface area contributed by atoms with Crippen LogP contribution < -0.4 is 0 Å². The first kappa shape index (κ1) is 11.9. The minimum Gasteiger partial charge on any atom is -0.279 e. The van der Waals surface area contributed by atoms with E-state index in [1.165, 1.54) is 0 Å². The molecule has 2 aromatic carbocycles. The van der Waals surface area contributed by atoms with Gasteiger partial charge in [-0.25, -0.2) is 0 Å². The quantitative estimate of drug-likeness (QED) is 0.623. The van der Waals surface area contributed by atoms with Gasteiger partial charge in [0.25, 0.3) is 11.8 Å². The van der Waals surface area contributed by atoms with Crippen molar-refractivity contribution in [3.63, 3.8) is 0 Å². The summed E-state index contributed by atoms with van der Waals surface area (Å²) >= 11 is 5.29. The summed E-state index contributed by atoms with van der Waals surface area (Å²) in [5.41, 5.74) is 0.844. The number of hydrogen-bond donors (Lipinski definition) is 0. The molecule has 0 saturated carbocycles. The van der Waals surface area contributed by atoms with Crippen LogP contribution in [0, 0.1) is 0 Å². The van der Waals surface area contributed by atoms with E-state index in [0.29, 0.717) is 16.5 Å². The minimum atomic E-state index is -0.742. The third-order valence-corrected chi connectivity index (χ3v) is 3.26. The predicted octanol–water partition coefficient (Wildman–Crippen LogP) is 2.20. The normalized spacial score (nSPS) is 14.1. The zero-order valence-electron chi connectivity index (χ0n) is 9.72. The van der Waals surface area contributed by atoms with Crippen LogP contribution in [0.15, 0.2) is 36.4 Å². The van der Waals surface area contributed by atoms with Crippen LogP contribution in [-0.4, -0.2) is 28.5 Å². The highest BCUT2D eigenvalue weighted by atomic mass is 35.5. The van der Waals surface area contributed by atoms with Crippen LogP contribution in [-0.2, 0) is 4.79 Å². The molecule has 0 fully saturated rings. The molecule has 2 amide bonds. The van der Waals surface area contributed by atoms with Crippen molar-refractivity contribution in [3.8, 4) is 0 Å². The summed E-state index contributed by atoms with van der Waals surface area (Å²) in [7, 11) is 0. The molecule has 0 spiro atoms. The monoisotopic (exact) mass is 273 g/mol. The number of amides is 2. The van der Waals surface area contributed by atoms with Crippen molar-refractivity contribution < 1.29 is 14.4 Å². The molecule has 2 aromatic rings. The Morgan fingerprint density at radius 2 is 1.53 bits per heavy atom. The number of nitrogens with zero attached hydrogens (tertiary/aromatic N) is 1. The van der Waals surface area contributed by atoms with Crippen LogP contribution in [0.3, 0.4) is 0 Å². The Morgan fingerprint density at radius 3 is 2.00 bits per heavy atom. The van der Waals surface area contributed by atoms with E-state index >= 15 is 0 Å². The number of imide groups is 1. The van der Waals surface area contributed by atoms with Crippen LogP contribution in [0.25, 0.3) is 10.8 Å². The highest BCUT2D eigenvalue weighted by molar-refractivity contribution is 6.64. The zero-order valence-corrected chi connectivity index (χ0v) is 10.5. The SMILES string of the molecule is O=C(Cl)CN1C(=O)c2cccc3cccc(c23)C1=O. The summed E-state index contributed by atoms with van der Waals surface area (Å²) in [4.78, 5) is 36.3. The lowest BCUT2D eigenvalue weighted by Gasteiger charge is -2.25. The molecule has 0 aromatic heterocycles. The van der Waals surface area contributed by atoms with Gasteiger partial charge < -0.3 is 0 Å². The maximum absolute atomic E-state index is 12.2. The Hall–Kier alpha value is -2.20. The molecule has 0 unspecified atom stereocenters.